The van der Waals surface area contributed by atoms with E-state index in [1.807, 2.05) is 0 Å². The molecule has 0 saturated carbocycles. The Morgan fingerprint density at radius 3 is 2.93 bits per heavy atom. The van der Waals surface area contributed by atoms with Crippen molar-refractivity contribution in [3.63, 3.8) is 0 Å². The Labute approximate surface area is 97.0 Å². The van der Waals surface area contributed by atoms with Crippen molar-refractivity contribution >= 4 is 23.2 Å². The van der Waals surface area contributed by atoms with E-state index in [1.54, 1.807) is 30.7 Å². The van der Waals surface area contributed by atoms with Gasteiger partial charge in [0.2, 0.25) is 0 Å². The highest BCUT2D eigenvalue weighted by Gasteiger charge is 2.05. The molecule has 0 atom stereocenters. The van der Waals surface area contributed by atoms with E-state index in [1.165, 1.54) is 0 Å². The smallest absolute Gasteiger partial charge is 0.140 e. The lowest BCUT2D eigenvalue weighted by Crippen LogP contribution is -1.96. The SMILES string of the molecule is Clc1cccc(OCc2c[nH]cn2)c1Cl. The second-order valence-electron chi connectivity index (χ2n) is 2.90. The average Bonchev–Trinajstić information content (AvgIpc) is 2.73. The molecule has 0 radical (unpaired) electrons. The van der Waals surface area contributed by atoms with E-state index < -0.39 is 0 Å². The van der Waals surface area contributed by atoms with Crippen LogP contribution >= 0.6 is 23.2 Å². The van der Waals surface area contributed by atoms with Crippen molar-refractivity contribution in [1.82, 2.24) is 9.97 Å². The van der Waals surface area contributed by atoms with Gasteiger partial charge in [0.1, 0.15) is 17.4 Å². The van der Waals surface area contributed by atoms with Crippen LogP contribution in [0.15, 0.2) is 30.7 Å². The van der Waals surface area contributed by atoms with Gasteiger partial charge in [-0.05, 0) is 12.1 Å². The number of benzene rings is 1. The molecular weight excluding hydrogens is 235 g/mol. The van der Waals surface area contributed by atoms with Crippen LogP contribution in [0.3, 0.4) is 0 Å². The number of H-pyrrole nitrogens is 1. The molecule has 0 spiro atoms. The number of nitrogens with one attached hydrogen (secondary N) is 1. The first-order valence-electron chi connectivity index (χ1n) is 4.32. The lowest BCUT2D eigenvalue weighted by Gasteiger charge is -2.06. The maximum atomic E-state index is 5.95. The maximum absolute atomic E-state index is 5.95. The number of aromatic amines is 1. The van der Waals surface area contributed by atoms with Crippen LogP contribution < -0.4 is 4.74 Å². The summed E-state index contributed by atoms with van der Waals surface area (Å²) in [6.45, 7) is 0.365. The minimum atomic E-state index is 0.365. The molecule has 0 unspecified atom stereocenters. The van der Waals surface area contributed by atoms with Crippen LogP contribution in [-0.2, 0) is 6.61 Å². The predicted octanol–water partition coefficient (Wildman–Crippen LogP) is 3.30. The highest BCUT2D eigenvalue weighted by Crippen LogP contribution is 2.31. The van der Waals surface area contributed by atoms with Crippen molar-refractivity contribution in [1.29, 1.82) is 0 Å². The van der Waals surface area contributed by atoms with Crippen molar-refractivity contribution in [3.8, 4) is 5.75 Å². The molecule has 0 aliphatic heterocycles. The highest BCUT2D eigenvalue weighted by molar-refractivity contribution is 6.42. The minimum absolute atomic E-state index is 0.365. The molecule has 78 valence electrons. The van der Waals surface area contributed by atoms with Gasteiger partial charge in [0.25, 0.3) is 0 Å². The van der Waals surface area contributed by atoms with Gasteiger partial charge in [0, 0.05) is 6.20 Å². The molecule has 1 N–H and O–H groups in total. The number of rotatable bonds is 3. The van der Waals surface area contributed by atoms with Crippen LogP contribution in [-0.4, -0.2) is 9.97 Å². The molecule has 0 aliphatic rings. The molecule has 0 aliphatic carbocycles. The number of hydrogen-bond acceptors (Lipinski definition) is 2. The molecule has 0 saturated heterocycles. The number of halogens is 2. The molecule has 1 aromatic heterocycles. The van der Waals surface area contributed by atoms with Crippen molar-refractivity contribution in [2.24, 2.45) is 0 Å². The molecule has 0 fully saturated rings. The van der Waals surface area contributed by atoms with Crippen molar-refractivity contribution in [3.05, 3.63) is 46.5 Å². The van der Waals surface area contributed by atoms with Gasteiger partial charge < -0.3 is 9.72 Å². The molecule has 3 nitrogen and oxygen atoms in total. The van der Waals surface area contributed by atoms with Crippen LogP contribution in [0.25, 0.3) is 0 Å². The van der Waals surface area contributed by atoms with E-state index in [0.717, 1.165) is 5.69 Å². The topological polar surface area (TPSA) is 37.9 Å². The third-order valence-corrected chi connectivity index (χ3v) is 2.65. The number of hydrogen-bond donors (Lipinski definition) is 1. The van der Waals surface area contributed by atoms with Gasteiger partial charge in [-0.3, -0.25) is 0 Å². The van der Waals surface area contributed by atoms with Gasteiger partial charge >= 0.3 is 0 Å². The third kappa shape index (κ3) is 2.43. The third-order valence-electron chi connectivity index (χ3n) is 1.85. The molecule has 0 amide bonds. The van der Waals surface area contributed by atoms with E-state index >= 15 is 0 Å². The summed E-state index contributed by atoms with van der Waals surface area (Å²) in [6, 6.07) is 5.26. The Bertz CT molecular complexity index is 443. The van der Waals surface area contributed by atoms with Crippen molar-refractivity contribution in [2.45, 2.75) is 6.61 Å². The fourth-order valence-corrected chi connectivity index (χ4v) is 1.46. The van der Waals surface area contributed by atoms with Gasteiger partial charge in [-0.2, -0.15) is 0 Å². The van der Waals surface area contributed by atoms with Gasteiger partial charge in [-0.25, -0.2) is 4.98 Å². The Morgan fingerprint density at radius 1 is 1.33 bits per heavy atom. The Kier molecular flexibility index (Phi) is 3.14. The standard InChI is InChI=1S/C10H8Cl2N2O/c11-8-2-1-3-9(10(8)12)15-5-7-4-13-6-14-7/h1-4,6H,5H2,(H,13,14). The normalized spacial score (nSPS) is 10.3. The van der Waals surface area contributed by atoms with Crippen LogP contribution in [0.4, 0.5) is 0 Å². The summed E-state index contributed by atoms with van der Waals surface area (Å²) in [6.07, 6.45) is 3.36. The molecule has 0 bridgehead atoms. The Morgan fingerprint density at radius 2 is 2.20 bits per heavy atom. The van der Waals surface area contributed by atoms with E-state index in [2.05, 4.69) is 9.97 Å². The zero-order valence-corrected chi connectivity index (χ0v) is 9.22. The minimum Gasteiger partial charge on any atom is -0.486 e. The summed E-state index contributed by atoms with van der Waals surface area (Å²) in [7, 11) is 0. The van der Waals surface area contributed by atoms with Gasteiger partial charge in [-0.1, -0.05) is 29.3 Å². The Hall–Kier alpha value is -1.19. The summed E-state index contributed by atoms with van der Waals surface area (Å²) in [5.74, 6) is 0.562. The second-order valence-corrected chi connectivity index (χ2v) is 3.69. The van der Waals surface area contributed by atoms with E-state index in [9.17, 15) is 0 Å². The number of imidazole rings is 1. The quantitative estimate of drug-likeness (QED) is 0.897. The number of ether oxygens (including phenoxy) is 1. The lowest BCUT2D eigenvalue weighted by molar-refractivity contribution is 0.302. The van der Waals surface area contributed by atoms with Crippen LogP contribution in [0.5, 0.6) is 5.75 Å². The van der Waals surface area contributed by atoms with E-state index in [-0.39, 0.29) is 0 Å². The van der Waals surface area contributed by atoms with Gasteiger partial charge in [0.15, 0.2) is 0 Å². The summed E-state index contributed by atoms with van der Waals surface area (Å²) < 4.78 is 5.46. The Balaban J connectivity index is 2.08. The summed E-state index contributed by atoms with van der Waals surface area (Å²) in [4.78, 5) is 6.87. The highest BCUT2D eigenvalue weighted by atomic mass is 35.5. The molecule has 2 rings (SSSR count). The van der Waals surface area contributed by atoms with E-state index in [0.29, 0.717) is 22.4 Å². The molecule has 1 heterocycles. The number of nitrogens with zero attached hydrogens (tertiary/aromatic N) is 1. The van der Waals surface area contributed by atoms with Crippen molar-refractivity contribution < 1.29 is 4.74 Å². The van der Waals surface area contributed by atoms with Gasteiger partial charge in [-0.15, -0.1) is 0 Å². The predicted molar refractivity (Wildman–Crippen MR) is 59.4 cm³/mol. The second kappa shape index (κ2) is 4.55. The summed E-state index contributed by atoms with van der Waals surface area (Å²) in [5, 5.41) is 0.908. The largest absolute Gasteiger partial charge is 0.486 e. The zero-order valence-electron chi connectivity index (χ0n) is 7.71. The van der Waals surface area contributed by atoms with Gasteiger partial charge in [0.05, 0.1) is 17.0 Å². The fraction of sp³-hybridized carbons (Fsp3) is 0.100. The maximum Gasteiger partial charge on any atom is 0.140 e. The first kappa shape index (κ1) is 10.3. The summed E-state index contributed by atoms with van der Waals surface area (Å²) >= 11 is 11.8. The zero-order chi connectivity index (χ0) is 10.7. The van der Waals surface area contributed by atoms with Crippen LogP contribution in [0, 0.1) is 0 Å². The van der Waals surface area contributed by atoms with E-state index in [4.69, 9.17) is 27.9 Å². The lowest BCUT2D eigenvalue weighted by atomic mass is 10.3. The van der Waals surface area contributed by atoms with Crippen LogP contribution in [0.1, 0.15) is 5.69 Å². The fourth-order valence-electron chi connectivity index (χ4n) is 1.12. The van der Waals surface area contributed by atoms with Crippen molar-refractivity contribution in [2.75, 3.05) is 0 Å². The van der Waals surface area contributed by atoms with Crippen LogP contribution in [0.2, 0.25) is 10.0 Å². The first-order chi connectivity index (χ1) is 7.27. The molecule has 5 heteroatoms. The average molecular weight is 243 g/mol. The molecular formula is C10H8Cl2N2O. The molecule has 1 aromatic carbocycles. The molecule has 2 aromatic rings. The number of aromatic nitrogens is 2. The molecule has 15 heavy (non-hydrogen) atoms. The first-order valence-corrected chi connectivity index (χ1v) is 5.07. The summed E-state index contributed by atoms with van der Waals surface area (Å²) in [5.41, 5.74) is 0.811. The monoisotopic (exact) mass is 242 g/mol.